The standard InChI is InChI=1S/C22H22FN5O2/c1-22(2,3)19(20(25)29)26-21(30)18-15-6-4-5-7-17(15)28(27-18)12-14-9-8-13(11-24)10-16(14)23/h4-10,19H,12H2,1-3H3,(H2,25,29)(H,26,30). The molecule has 3 rings (SSSR count). The second-order valence-electron chi connectivity index (χ2n) is 8.12. The van der Waals surface area contributed by atoms with Crippen molar-refractivity contribution in [2.45, 2.75) is 33.4 Å². The number of aromatic nitrogens is 2. The van der Waals surface area contributed by atoms with Crippen LogP contribution in [-0.4, -0.2) is 27.6 Å². The Morgan fingerprint density at radius 1 is 1.27 bits per heavy atom. The number of fused-ring (bicyclic) bond motifs is 1. The molecule has 0 aliphatic rings. The van der Waals surface area contributed by atoms with Gasteiger partial charge in [-0.2, -0.15) is 10.4 Å². The molecule has 2 amide bonds. The average Bonchev–Trinajstić information content (AvgIpc) is 3.05. The number of primary amides is 1. The van der Waals surface area contributed by atoms with E-state index in [-0.39, 0.29) is 17.8 Å². The minimum Gasteiger partial charge on any atom is -0.368 e. The summed E-state index contributed by atoms with van der Waals surface area (Å²) in [4.78, 5) is 24.8. The van der Waals surface area contributed by atoms with Crippen LogP contribution in [0.5, 0.6) is 0 Å². The van der Waals surface area contributed by atoms with Gasteiger partial charge in [0.05, 0.1) is 23.7 Å². The maximum absolute atomic E-state index is 14.4. The molecule has 0 aliphatic heterocycles. The lowest BCUT2D eigenvalue weighted by Crippen LogP contribution is -2.52. The number of nitriles is 1. The van der Waals surface area contributed by atoms with Crippen LogP contribution in [-0.2, 0) is 11.3 Å². The Balaban J connectivity index is 1.99. The molecule has 1 atom stereocenters. The zero-order valence-electron chi connectivity index (χ0n) is 16.9. The van der Waals surface area contributed by atoms with E-state index in [1.807, 2.05) is 6.07 Å². The molecule has 1 aromatic heterocycles. The van der Waals surface area contributed by atoms with Crippen molar-refractivity contribution in [3.05, 3.63) is 65.1 Å². The number of nitrogens with two attached hydrogens (primary N) is 1. The summed E-state index contributed by atoms with van der Waals surface area (Å²) in [5.74, 6) is -1.70. The van der Waals surface area contributed by atoms with Gasteiger partial charge in [0.25, 0.3) is 5.91 Å². The fraction of sp³-hybridized carbons (Fsp3) is 0.273. The van der Waals surface area contributed by atoms with Crippen molar-refractivity contribution < 1.29 is 14.0 Å². The van der Waals surface area contributed by atoms with Gasteiger partial charge in [-0.15, -0.1) is 0 Å². The normalized spacial score (nSPS) is 12.4. The fourth-order valence-electron chi connectivity index (χ4n) is 3.24. The van der Waals surface area contributed by atoms with Gasteiger partial charge < -0.3 is 11.1 Å². The zero-order chi connectivity index (χ0) is 22.1. The molecule has 0 saturated carbocycles. The number of amides is 2. The number of nitrogens with zero attached hydrogens (tertiary/aromatic N) is 3. The summed E-state index contributed by atoms with van der Waals surface area (Å²) < 4.78 is 15.9. The first kappa shape index (κ1) is 21.0. The third-order valence-corrected chi connectivity index (χ3v) is 4.80. The number of hydrogen-bond donors (Lipinski definition) is 2. The van der Waals surface area contributed by atoms with E-state index in [9.17, 15) is 14.0 Å². The van der Waals surface area contributed by atoms with Crippen LogP contribution >= 0.6 is 0 Å². The first-order valence-electron chi connectivity index (χ1n) is 9.36. The average molecular weight is 407 g/mol. The van der Waals surface area contributed by atoms with Gasteiger partial charge >= 0.3 is 0 Å². The molecule has 154 valence electrons. The van der Waals surface area contributed by atoms with Crippen molar-refractivity contribution in [3.63, 3.8) is 0 Å². The summed E-state index contributed by atoms with van der Waals surface area (Å²) in [6.45, 7) is 5.47. The van der Waals surface area contributed by atoms with Crippen molar-refractivity contribution in [1.29, 1.82) is 5.26 Å². The Labute approximate surface area is 173 Å². The largest absolute Gasteiger partial charge is 0.368 e. The molecule has 2 aromatic carbocycles. The van der Waals surface area contributed by atoms with Crippen molar-refractivity contribution in [2.24, 2.45) is 11.1 Å². The predicted molar refractivity (Wildman–Crippen MR) is 110 cm³/mol. The number of hydrogen-bond acceptors (Lipinski definition) is 4. The molecule has 7 nitrogen and oxygen atoms in total. The summed E-state index contributed by atoms with van der Waals surface area (Å²) in [6.07, 6.45) is 0. The molecule has 0 fully saturated rings. The smallest absolute Gasteiger partial charge is 0.273 e. The topological polar surface area (TPSA) is 114 Å². The highest BCUT2D eigenvalue weighted by Gasteiger charge is 2.32. The predicted octanol–water partition coefficient (Wildman–Crippen LogP) is 2.73. The van der Waals surface area contributed by atoms with Crippen LogP contribution in [0.2, 0.25) is 0 Å². The summed E-state index contributed by atoms with van der Waals surface area (Å²) in [5, 5.41) is 16.5. The second kappa shape index (κ2) is 7.95. The van der Waals surface area contributed by atoms with Gasteiger partial charge in [-0.05, 0) is 23.6 Å². The van der Waals surface area contributed by atoms with Crippen LogP contribution in [0.15, 0.2) is 42.5 Å². The molecule has 0 saturated heterocycles. The molecule has 3 aromatic rings. The first-order chi connectivity index (χ1) is 14.1. The molecule has 1 heterocycles. The Bertz CT molecular complexity index is 1170. The van der Waals surface area contributed by atoms with E-state index in [1.165, 1.54) is 16.8 Å². The van der Waals surface area contributed by atoms with Crippen molar-refractivity contribution in [2.75, 3.05) is 0 Å². The van der Waals surface area contributed by atoms with Crippen LogP contribution in [0, 0.1) is 22.6 Å². The Morgan fingerprint density at radius 2 is 1.97 bits per heavy atom. The van der Waals surface area contributed by atoms with Crippen LogP contribution < -0.4 is 11.1 Å². The van der Waals surface area contributed by atoms with E-state index in [1.54, 1.807) is 45.0 Å². The summed E-state index contributed by atoms with van der Waals surface area (Å²) >= 11 is 0. The van der Waals surface area contributed by atoms with Gasteiger partial charge in [-0.1, -0.05) is 45.0 Å². The highest BCUT2D eigenvalue weighted by molar-refractivity contribution is 6.06. The minimum absolute atomic E-state index is 0.0733. The molecular formula is C22H22FN5O2. The summed E-state index contributed by atoms with van der Waals surface area (Å²) in [5.41, 5.74) is 6.20. The number of carbonyl (C=O) groups is 2. The van der Waals surface area contributed by atoms with E-state index >= 15 is 0 Å². The van der Waals surface area contributed by atoms with E-state index in [4.69, 9.17) is 11.0 Å². The van der Waals surface area contributed by atoms with E-state index in [2.05, 4.69) is 10.4 Å². The summed E-state index contributed by atoms with van der Waals surface area (Å²) in [6, 6.07) is 12.3. The second-order valence-corrected chi connectivity index (χ2v) is 8.12. The molecule has 3 N–H and O–H groups in total. The van der Waals surface area contributed by atoms with Gasteiger partial charge in [0.1, 0.15) is 11.9 Å². The maximum atomic E-state index is 14.4. The van der Waals surface area contributed by atoms with Crippen LogP contribution in [0.1, 0.15) is 42.4 Å². The fourth-order valence-corrected chi connectivity index (χ4v) is 3.24. The molecule has 0 bridgehead atoms. The SMILES string of the molecule is CC(C)(C)C(NC(=O)c1nn(Cc2ccc(C#N)cc2F)c2ccccc12)C(N)=O. The number of rotatable bonds is 5. The molecule has 1 unspecified atom stereocenters. The van der Waals surface area contributed by atoms with Crippen LogP contribution in [0.4, 0.5) is 4.39 Å². The maximum Gasteiger partial charge on any atom is 0.273 e. The Kier molecular flexibility index (Phi) is 5.56. The Hall–Kier alpha value is -3.73. The lowest BCUT2D eigenvalue weighted by molar-refractivity contribution is -0.122. The van der Waals surface area contributed by atoms with Crippen LogP contribution in [0.25, 0.3) is 10.9 Å². The molecule has 0 spiro atoms. The third-order valence-electron chi connectivity index (χ3n) is 4.80. The van der Waals surface area contributed by atoms with Crippen molar-refractivity contribution in [3.8, 4) is 6.07 Å². The highest BCUT2D eigenvalue weighted by Crippen LogP contribution is 2.23. The molecule has 0 radical (unpaired) electrons. The lowest BCUT2D eigenvalue weighted by Gasteiger charge is -2.28. The number of benzene rings is 2. The summed E-state index contributed by atoms with van der Waals surface area (Å²) in [7, 11) is 0. The van der Waals surface area contributed by atoms with E-state index in [0.29, 0.717) is 16.5 Å². The molecule has 8 heteroatoms. The molecule has 0 aliphatic carbocycles. The van der Waals surface area contributed by atoms with Crippen molar-refractivity contribution >= 4 is 22.7 Å². The highest BCUT2D eigenvalue weighted by atomic mass is 19.1. The first-order valence-corrected chi connectivity index (χ1v) is 9.36. The van der Waals surface area contributed by atoms with Gasteiger partial charge in [0.15, 0.2) is 5.69 Å². The number of halogens is 1. The number of nitrogens with one attached hydrogen (secondary N) is 1. The van der Waals surface area contributed by atoms with E-state index < -0.39 is 29.1 Å². The lowest BCUT2D eigenvalue weighted by atomic mass is 9.86. The number of carbonyl (C=O) groups excluding carboxylic acids is 2. The van der Waals surface area contributed by atoms with Gasteiger partial charge in [-0.25, -0.2) is 4.39 Å². The van der Waals surface area contributed by atoms with Gasteiger partial charge in [0.2, 0.25) is 5.91 Å². The van der Waals surface area contributed by atoms with Crippen molar-refractivity contribution in [1.82, 2.24) is 15.1 Å². The molecule has 30 heavy (non-hydrogen) atoms. The monoisotopic (exact) mass is 407 g/mol. The van der Waals surface area contributed by atoms with E-state index in [0.717, 1.165) is 6.07 Å². The number of para-hydroxylation sites is 1. The zero-order valence-corrected chi connectivity index (χ0v) is 16.9. The molecular weight excluding hydrogens is 385 g/mol. The van der Waals surface area contributed by atoms with Gasteiger partial charge in [0, 0.05) is 10.9 Å². The minimum atomic E-state index is -0.884. The Morgan fingerprint density at radius 3 is 2.57 bits per heavy atom. The third kappa shape index (κ3) is 4.15. The van der Waals surface area contributed by atoms with Gasteiger partial charge in [-0.3, -0.25) is 14.3 Å². The van der Waals surface area contributed by atoms with Crippen LogP contribution in [0.3, 0.4) is 0 Å². The quantitative estimate of drug-likeness (QED) is 0.677.